The van der Waals surface area contributed by atoms with E-state index >= 15 is 0 Å². The minimum atomic E-state index is 0.628. The van der Waals surface area contributed by atoms with Crippen LogP contribution >= 0.6 is 15.9 Å². The molecule has 0 bridgehead atoms. The van der Waals surface area contributed by atoms with Crippen LogP contribution in [0.3, 0.4) is 0 Å². The molecule has 1 aliphatic rings. The smallest absolute Gasteiger partial charge is 0.0258 e. The van der Waals surface area contributed by atoms with Gasteiger partial charge in [0.25, 0.3) is 0 Å². The van der Waals surface area contributed by atoms with Crippen LogP contribution in [0.4, 0.5) is 0 Å². The van der Waals surface area contributed by atoms with E-state index in [1.807, 2.05) is 0 Å². The number of nitrogens with zero attached hydrogens (tertiary/aromatic N) is 1. The molecule has 0 aromatic heterocycles. The predicted octanol–water partition coefficient (Wildman–Crippen LogP) is 2.20. The molecular weight excluding hydrogens is 264 g/mol. The summed E-state index contributed by atoms with van der Waals surface area (Å²) in [4.78, 5) is 2.45. The Morgan fingerprint density at radius 3 is 3.00 bits per heavy atom. The van der Waals surface area contributed by atoms with Gasteiger partial charge >= 0.3 is 0 Å². The SMILES string of the molecule is Cc1ccc(CC2CNCCN2C)cc1Br. The fraction of sp³-hybridized carbons (Fsp3) is 0.538. The van der Waals surface area contributed by atoms with Gasteiger partial charge in [-0.3, -0.25) is 0 Å². The van der Waals surface area contributed by atoms with Crippen molar-refractivity contribution in [3.05, 3.63) is 33.8 Å². The van der Waals surface area contributed by atoms with Crippen LogP contribution in [0.25, 0.3) is 0 Å². The third-order valence-electron chi connectivity index (χ3n) is 3.35. The van der Waals surface area contributed by atoms with Crippen molar-refractivity contribution >= 4 is 15.9 Å². The van der Waals surface area contributed by atoms with Gasteiger partial charge in [-0.05, 0) is 37.6 Å². The predicted molar refractivity (Wildman–Crippen MR) is 71.9 cm³/mol. The van der Waals surface area contributed by atoms with Crippen LogP contribution < -0.4 is 5.32 Å². The highest BCUT2D eigenvalue weighted by molar-refractivity contribution is 9.10. The number of halogens is 1. The van der Waals surface area contributed by atoms with Crippen molar-refractivity contribution < 1.29 is 0 Å². The van der Waals surface area contributed by atoms with E-state index in [0.29, 0.717) is 6.04 Å². The number of aryl methyl sites for hydroxylation is 1. The van der Waals surface area contributed by atoms with Gasteiger partial charge in [-0.2, -0.15) is 0 Å². The largest absolute Gasteiger partial charge is 0.314 e. The highest BCUT2D eigenvalue weighted by atomic mass is 79.9. The normalized spacial score (nSPS) is 22.3. The second-order valence-corrected chi connectivity index (χ2v) is 5.48. The molecule has 1 heterocycles. The number of benzene rings is 1. The maximum atomic E-state index is 3.60. The monoisotopic (exact) mass is 282 g/mol. The van der Waals surface area contributed by atoms with E-state index in [0.717, 1.165) is 26.1 Å². The van der Waals surface area contributed by atoms with Crippen molar-refractivity contribution in [1.29, 1.82) is 0 Å². The first-order chi connectivity index (χ1) is 7.66. The lowest BCUT2D eigenvalue weighted by Crippen LogP contribution is -2.50. The van der Waals surface area contributed by atoms with Gasteiger partial charge in [0.1, 0.15) is 0 Å². The zero-order valence-corrected chi connectivity index (χ0v) is 11.5. The molecule has 2 nitrogen and oxygen atoms in total. The number of nitrogens with one attached hydrogen (secondary N) is 1. The molecule has 16 heavy (non-hydrogen) atoms. The van der Waals surface area contributed by atoms with Crippen LogP contribution in [-0.2, 0) is 6.42 Å². The molecule has 1 unspecified atom stereocenters. The van der Waals surface area contributed by atoms with Crippen LogP contribution in [0, 0.1) is 6.92 Å². The Morgan fingerprint density at radius 1 is 1.50 bits per heavy atom. The van der Waals surface area contributed by atoms with Crippen LogP contribution in [0.5, 0.6) is 0 Å². The number of rotatable bonds is 2. The molecule has 0 radical (unpaired) electrons. The summed E-state index contributed by atoms with van der Waals surface area (Å²) in [6, 6.07) is 7.30. The first-order valence-electron chi connectivity index (χ1n) is 5.83. The zero-order valence-electron chi connectivity index (χ0n) is 9.96. The lowest BCUT2D eigenvalue weighted by molar-refractivity contribution is 0.199. The second kappa shape index (κ2) is 5.30. The van der Waals surface area contributed by atoms with Gasteiger partial charge in [0, 0.05) is 30.1 Å². The summed E-state index contributed by atoms with van der Waals surface area (Å²) in [7, 11) is 2.22. The van der Waals surface area contributed by atoms with E-state index in [1.54, 1.807) is 0 Å². The summed E-state index contributed by atoms with van der Waals surface area (Å²) in [5.74, 6) is 0. The van der Waals surface area contributed by atoms with Crippen molar-refractivity contribution in [2.45, 2.75) is 19.4 Å². The minimum Gasteiger partial charge on any atom is -0.314 e. The van der Waals surface area contributed by atoms with Crippen molar-refractivity contribution in [2.24, 2.45) is 0 Å². The van der Waals surface area contributed by atoms with Crippen molar-refractivity contribution in [1.82, 2.24) is 10.2 Å². The van der Waals surface area contributed by atoms with Crippen molar-refractivity contribution in [2.75, 3.05) is 26.7 Å². The first-order valence-corrected chi connectivity index (χ1v) is 6.62. The molecule has 3 heteroatoms. The summed E-state index contributed by atoms with van der Waals surface area (Å²) < 4.78 is 1.22. The van der Waals surface area contributed by atoms with E-state index in [4.69, 9.17) is 0 Å². The Morgan fingerprint density at radius 2 is 2.31 bits per heavy atom. The van der Waals surface area contributed by atoms with E-state index in [9.17, 15) is 0 Å². The fourth-order valence-corrected chi connectivity index (χ4v) is 2.55. The van der Waals surface area contributed by atoms with Gasteiger partial charge in [0.15, 0.2) is 0 Å². The standard InChI is InChI=1S/C13H19BrN2/c1-10-3-4-11(8-13(10)14)7-12-9-15-5-6-16(12)2/h3-4,8,12,15H,5-7,9H2,1-2H3. The Hall–Kier alpha value is -0.380. The van der Waals surface area contributed by atoms with Gasteiger partial charge in [0.2, 0.25) is 0 Å². The maximum absolute atomic E-state index is 3.60. The Bertz CT molecular complexity index is 365. The summed E-state index contributed by atoms with van der Waals surface area (Å²) in [5.41, 5.74) is 2.72. The quantitative estimate of drug-likeness (QED) is 0.895. The molecule has 0 amide bonds. The molecule has 0 aliphatic carbocycles. The number of piperazine rings is 1. The summed E-state index contributed by atoms with van der Waals surface area (Å²) in [5, 5.41) is 3.46. The van der Waals surface area contributed by atoms with Crippen LogP contribution in [0.15, 0.2) is 22.7 Å². The number of hydrogen-bond donors (Lipinski definition) is 1. The molecule has 1 aromatic rings. The Labute approximate surface area is 106 Å². The Balaban J connectivity index is 2.05. The van der Waals surface area contributed by atoms with Crippen LogP contribution in [-0.4, -0.2) is 37.6 Å². The van der Waals surface area contributed by atoms with Gasteiger partial charge in [0.05, 0.1) is 0 Å². The van der Waals surface area contributed by atoms with E-state index in [2.05, 4.69) is 58.3 Å². The lowest BCUT2D eigenvalue weighted by Gasteiger charge is -2.33. The van der Waals surface area contributed by atoms with Crippen LogP contribution in [0.1, 0.15) is 11.1 Å². The third-order valence-corrected chi connectivity index (χ3v) is 4.21. The summed E-state index contributed by atoms with van der Waals surface area (Å²) >= 11 is 3.60. The highest BCUT2D eigenvalue weighted by Gasteiger charge is 2.18. The second-order valence-electron chi connectivity index (χ2n) is 4.63. The van der Waals surface area contributed by atoms with Crippen LogP contribution in [0.2, 0.25) is 0 Å². The molecule has 1 aliphatic heterocycles. The van der Waals surface area contributed by atoms with Crippen molar-refractivity contribution in [3.63, 3.8) is 0 Å². The molecule has 1 aromatic carbocycles. The first kappa shape index (κ1) is 12.1. The molecule has 1 saturated heterocycles. The summed E-state index contributed by atoms with van der Waals surface area (Å²) in [6.07, 6.45) is 1.13. The van der Waals surface area contributed by atoms with Gasteiger partial charge in [-0.1, -0.05) is 28.1 Å². The minimum absolute atomic E-state index is 0.628. The molecule has 88 valence electrons. The topological polar surface area (TPSA) is 15.3 Å². The maximum Gasteiger partial charge on any atom is 0.0258 e. The van der Waals surface area contributed by atoms with E-state index < -0.39 is 0 Å². The summed E-state index contributed by atoms with van der Waals surface area (Å²) in [6.45, 7) is 5.49. The average Bonchev–Trinajstić information content (AvgIpc) is 2.27. The molecule has 2 rings (SSSR count). The van der Waals surface area contributed by atoms with E-state index in [1.165, 1.54) is 15.6 Å². The Kier molecular flexibility index (Phi) is 4.00. The van der Waals surface area contributed by atoms with Crippen molar-refractivity contribution in [3.8, 4) is 0 Å². The van der Waals surface area contributed by atoms with Gasteiger partial charge < -0.3 is 10.2 Å². The van der Waals surface area contributed by atoms with E-state index in [-0.39, 0.29) is 0 Å². The fourth-order valence-electron chi connectivity index (χ4n) is 2.13. The number of likely N-dealkylation sites (N-methyl/N-ethyl adjacent to an activating group) is 1. The highest BCUT2D eigenvalue weighted by Crippen LogP contribution is 2.19. The lowest BCUT2D eigenvalue weighted by atomic mass is 10.0. The molecular formula is C13H19BrN2. The number of hydrogen-bond acceptors (Lipinski definition) is 2. The molecule has 1 N–H and O–H groups in total. The molecule has 0 spiro atoms. The molecule has 1 fully saturated rings. The molecule has 1 atom stereocenters. The zero-order chi connectivity index (χ0) is 11.5. The average molecular weight is 283 g/mol. The molecule has 0 saturated carbocycles. The third kappa shape index (κ3) is 2.84. The van der Waals surface area contributed by atoms with Gasteiger partial charge in [-0.15, -0.1) is 0 Å². The van der Waals surface area contributed by atoms with Gasteiger partial charge in [-0.25, -0.2) is 0 Å².